The number of aromatic nitrogens is 1. The molecule has 1 atom stereocenters. The van der Waals surface area contributed by atoms with E-state index in [9.17, 15) is 13.2 Å². The Hall–Kier alpha value is -0.898. The highest BCUT2D eigenvalue weighted by molar-refractivity contribution is 6.74. The van der Waals surface area contributed by atoms with Gasteiger partial charge in [-0.2, -0.15) is 13.2 Å². The van der Waals surface area contributed by atoms with Gasteiger partial charge in [-0.1, -0.05) is 20.8 Å². The van der Waals surface area contributed by atoms with Crippen LogP contribution in [0.15, 0.2) is 12.3 Å². The SMILES string of the molecule is Cc1cc(C(O[Si](C)(C)C(C)(C)C)C(F)(F)F)ncc1B(O)O. The molecule has 0 aliphatic heterocycles. The van der Waals surface area contributed by atoms with Gasteiger partial charge >= 0.3 is 13.3 Å². The van der Waals surface area contributed by atoms with Gasteiger partial charge in [0.15, 0.2) is 14.4 Å². The summed E-state index contributed by atoms with van der Waals surface area (Å²) < 4.78 is 46.0. The van der Waals surface area contributed by atoms with E-state index in [0.717, 1.165) is 6.20 Å². The van der Waals surface area contributed by atoms with Crippen molar-refractivity contribution < 1.29 is 27.6 Å². The minimum atomic E-state index is -4.60. The molecular weight excluding hydrogens is 326 g/mol. The molecule has 9 heteroatoms. The molecule has 0 aromatic carbocycles. The number of aryl methyl sites for hydroxylation is 1. The Balaban J connectivity index is 3.27. The summed E-state index contributed by atoms with van der Waals surface area (Å²) in [6.45, 7) is 10.6. The highest BCUT2D eigenvalue weighted by atomic mass is 28.4. The van der Waals surface area contributed by atoms with Crippen LogP contribution < -0.4 is 5.46 Å². The average molecular weight is 349 g/mol. The van der Waals surface area contributed by atoms with Crippen molar-refractivity contribution in [3.63, 3.8) is 0 Å². The molecule has 4 nitrogen and oxygen atoms in total. The molecule has 0 amide bonds. The number of hydrogen-bond donors (Lipinski definition) is 2. The number of halogens is 3. The highest BCUT2D eigenvalue weighted by Crippen LogP contribution is 2.44. The van der Waals surface area contributed by atoms with E-state index in [0.29, 0.717) is 5.56 Å². The van der Waals surface area contributed by atoms with E-state index < -0.39 is 27.7 Å². The zero-order valence-electron chi connectivity index (χ0n) is 14.2. The van der Waals surface area contributed by atoms with E-state index in [-0.39, 0.29) is 16.2 Å². The lowest BCUT2D eigenvalue weighted by molar-refractivity contribution is -0.202. The molecule has 0 saturated carbocycles. The van der Waals surface area contributed by atoms with Crippen LogP contribution in [0.4, 0.5) is 13.2 Å². The molecule has 0 fully saturated rings. The van der Waals surface area contributed by atoms with Crippen LogP contribution in [0.2, 0.25) is 18.1 Å². The summed E-state index contributed by atoms with van der Waals surface area (Å²) in [7, 11) is -4.45. The first-order chi connectivity index (χ1) is 10.2. The standard InChI is InChI=1S/C14H23BF3NO3Si/c1-9-7-11(19-8-10(9)15(20)21)12(14(16,17)18)22-23(5,6)13(2,3)4/h7-8,12,20-21H,1-6H3. The van der Waals surface area contributed by atoms with Crippen LogP contribution in [0, 0.1) is 6.92 Å². The Morgan fingerprint density at radius 2 is 1.74 bits per heavy atom. The predicted molar refractivity (Wildman–Crippen MR) is 85.9 cm³/mol. The maximum Gasteiger partial charge on any atom is 0.490 e. The number of hydrogen-bond acceptors (Lipinski definition) is 4. The minimum Gasteiger partial charge on any atom is -0.423 e. The van der Waals surface area contributed by atoms with Gasteiger partial charge in [0.1, 0.15) is 0 Å². The van der Waals surface area contributed by atoms with E-state index in [1.54, 1.807) is 13.1 Å². The fraction of sp³-hybridized carbons (Fsp3) is 0.643. The molecule has 23 heavy (non-hydrogen) atoms. The smallest absolute Gasteiger partial charge is 0.423 e. The first-order valence-corrected chi connectivity index (χ1v) is 10.1. The molecule has 0 aliphatic rings. The van der Waals surface area contributed by atoms with Gasteiger partial charge in [0, 0.05) is 11.7 Å². The number of alkyl halides is 3. The van der Waals surface area contributed by atoms with Crippen molar-refractivity contribution >= 4 is 20.9 Å². The van der Waals surface area contributed by atoms with Crippen molar-refractivity contribution in [2.24, 2.45) is 0 Å². The van der Waals surface area contributed by atoms with E-state index in [1.165, 1.54) is 13.0 Å². The van der Waals surface area contributed by atoms with Crippen molar-refractivity contribution in [1.82, 2.24) is 4.98 Å². The second kappa shape index (κ2) is 6.54. The Kier molecular flexibility index (Phi) is 5.73. The van der Waals surface area contributed by atoms with Gasteiger partial charge in [-0.25, -0.2) is 0 Å². The molecule has 130 valence electrons. The highest BCUT2D eigenvalue weighted by Gasteiger charge is 2.49. The third kappa shape index (κ3) is 4.79. The third-order valence-electron chi connectivity index (χ3n) is 4.24. The Bertz CT molecular complexity index is 559. The first-order valence-electron chi connectivity index (χ1n) is 7.24. The van der Waals surface area contributed by atoms with Gasteiger partial charge in [-0.05, 0) is 36.7 Å². The lowest BCUT2D eigenvalue weighted by Crippen LogP contribution is -2.45. The Morgan fingerprint density at radius 1 is 1.22 bits per heavy atom. The molecule has 1 rings (SSSR count). The summed E-state index contributed by atoms with van der Waals surface area (Å²) in [5, 5.41) is 17.9. The molecular formula is C14H23BF3NO3Si. The third-order valence-corrected chi connectivity index (χ3v) is 8.67. The summed E-state index contributed by atoms with van der Waals surface area (Å²) in [4.78, 5) is 3.75. The summed E-state index contributed by atoms with van der Waals surface area (Å²) in [5.74, 6) is 0. The van der Waals surface area contributed by atoms with E-state index in [1.807, 2.05) is 20.8 Å². The fourth-order valence-corrected chi connectivity index (χ4v) is 2.97. The van der Waals surface area contributed by atoms with Gasteiger partial charge in [-0.15, -0.1) is 0 Å². The summed E-state index contributed by atoms with van der Waals surface area (Å²) >= 11 is 0. The van der Waals surface area contributed by atoms with Crippen LogP contribution in [0.1, 0.15) is 38.1 Å². The lowest BCUT2D eigenvalue weighted by atomic mass is 9.78. The van der Waals surface area contributed by atoms with Gasteiger partial charge in [0.05, 0.1) is 5.69 Å². The van der Waals surface area contributed by atoms with Crippen molar-refractivity contribution in [2.75, 3.05) is 0 Å². The van der Waals surface area contributed by atoms with Crippen molar-refractivity contribution in [3.8, 4) is 0 Å². The van der Waals surface area contributed by atoms with E-state index in [2.05, 4.69) is 4.98 Å². The number of nitrogens with zero attached hydrogens (tertiary/aromatic N) is 1. The second-order valence-electron chi connectivity index (χ2n) is 7.14. The van der Waals surface area contributed by atoms with Crippen LogP contribution in [-0.2, 0) is 4.43 Å². The van der Waals surface area contributed by atoms with Gasteiger partial charge in [-0.3, -0.25) is 4.98 Å². The second-order valence-corrected chi connectivity index (χ2v) is 11.9. The molecule has 1 heterocycles. The van der Waals surface area contributed by atoms with Crippen molar-refractivity contribution in [2.45, 2.75) is 58.1 Å². The predicted octanol–water partition coefficient (Wildman–Crippen LogP) is 2.70. The zero-order valence-corrected chi connectivity index (χ0v) is 15.2. The molecule has 1 unspecified atom stereocenters. The lowest BCUT2D eigenvalue weighted by Gasteiger charge is -2.39. The fourth-order valence-electron chi connectivity index (χ4n) is 1.77. The number of rotatable bonds is 4. The quantitative estimate of drug-likeness (QED) is 0.821. The van der Waals surface area contributed by atoms with E-state index in [4.69, 9.17) is 14.5 Å². The molecule has 0 spiro atoms. The van der Waals surface area contributed by atoms with Crippen LogP contribution in [-0.4, -0.2) is 36.6 Å². The molecule has 2 N–H and O–H groups in total. The summed E-state index contributed by atoms with van der Waals surface area (Å²) in [6.07, 6.45) is -5.69. The van der Waals surface area contributed by atoms with E-state index >= 15 is 0 Å². The first kappa shape index (κ1) is 20.1. The topological polar surface area (TPSA) is 62.6 Å². The molecule has 1 aromatic rings. The normalized spacial score (nSPS) is 14.7. The van der Waals surface area contributed by atoms with Crippen LogP contribution in [0.5, 0.6) is 0 Å². The zero-order chi connectivity index (χ0) is 18.2. The van der Waals surface area contributed by atoms with Crippen molar-refractivity contribution in [3.05, 3.63) is 23.5 Å². The maximum absolute atomic E-state index is 13.5. The minimum absolute atomic E-state index is 0.0713. The molecule has 1 aromatic heterocycles. The van der Waals surface area contributed by atoms with Gasteiger partial charge < -0.3 is 14.5 Å². The monoisotopic (exact) mass is 349 g/mol. The van der Waals surface area contributed by atoms with Crippen LogP contribution in [0.3, 0.4) is 0 Å². The van der Waals surface area contributed by atoms with Crippen LogP contribution in [0.25, 0.3) is 0 Å². The molecule has 0 bridgehead atoms. The largest absolute Gasteiger partial charge is 0.490 e. The molecule has 0 saturated heterocycles. The Labute approximate surface area is 136 Å². The van der Waals surface area contributed by atoms with Crippen molar-refractivity contribution in [1.29, 1.82) is 0 Å². The Morgan fingerprint density at radius 3 is 2.09 bits per heavy atom. The summed E-state index contributed by atoms with van der Waals surface area (Å²) in [5.41, 5.74) is 0.115. The summed E-state index contributed by atoms with van der Waals surface area (Å²) in [6, 6.07) is 1.19. The number of pyridine rings is 1. The van der Waals surface area contributed by atoms with Gasteiger partial charge in [0.25, 0.3) is 0 Å². The van der Waals surface area contributed by atoms with Gasteiger partial charge in [0.2, 0.25) is 0 Å². The average Bonchev–Trinajstić information content (AvgIpc) is 2.32. The molecule has 0 radical (unpaired) electrons. The molecule has 0 aliphatic carbocycles. The van der Waals surface area contributed by atoms with Crippen LogP contribution >= 0.6 is 0 Å². The maximum atomic E-state index is 13.5.